The van der Waals surface area contributed by atoms with E-state index in [0.717, 1.165) is 14.7 Å². The Morgan fingerprint density at radius 2 is 1.09 bits per heavy atom. The number of amides is 14. The number of aliphatic hydroxyl groups is 1. The number of aromatic nitrogens is 4. The Balaban J connectivity index is 1.20. The molecule has 704 valence electrons. The molecular weight excluding hydrogens is 1680 g/mol. The molecule has 2 fully saturated rings. The van der Waals surface area contributed by atoms with Gasteiger partial charge in [-0.05, 0) is 86.6 Å². The Hall–Kier alpha value is -13.2. The van der Waals surface area contributed by atoms with Crippen LogP contribution < -0.4 is 59.7 Å². The van der Waals surface area contributed by atoms with E-state index in [0.29, 0.717) is 69.9 Å². The number of unbranched alkanes of at least 4 members (excludes halogenated alkanes) is 2. The van der Waals surface area contributed by atoms with Gasteiger partial charge in [-0.3, -0.25) is 86.9 Å². The summed E-state index contributed by atoms with van der Waals surface area (Å²) in [5.41, 5.74) is 20.2. The fourth-order valence-electron chi connectivity index (χ4n) is 16.5. The van der Waals surface area contributed by atoms with Gasteiger partial charge in [-0.15, -0.1) is 0 Å². The number of Topliss-reactive ketones (excluding diaryl/α,β-unsaturated/α-hetero) is 3. The predicted octanol–water partition coefficient (Wildman–Crippen LogP) is 0.933. The highest BCUT2D eigenvalue weighted by Crippen LogP contribution is 2.29. The first-order valence-corrected chi connectivity index (χ1v) is 44.3. The molecule has 0 bridgehead atoms. The largest absolute Gasteiger partial charge is 0.394 e. The van der Waals surface area contributed by atoms with Crippen molar-refractivity contribution in [3.05, 3.63) is 126 Å². The van der Waals surface area contributed by atoms with Crippen molar-refractivity contribution in [1.29, 1.82) is 5.41 Å². The van der Waals surface area contributed by atoms with Crippen LogP contribution in [0.2, 0.25) is 0 Å². The third-order valence-corrected chi connectivity index (χ3v) is 23.9. The summed E-state index contributed by atoms with van der Waals surface area (Å²) in [6.07, 6.45) is 3.25. The fraction of sp³-hybridized carbons (Fsp3) is 0.527. The number of nitrogens with one attached hydrogen (secondary N) is 12. The second-order valence-electron chi connectivity index (χ2n) is 34.2. The van der Waals surface area contributed by atoms with E-state index < -0.39 is 236 Å². The number of ketones is 3. The van der Waals surface area contributed by atoms with E-state index in [2.05, 4.69) is 62.5 Å². The molecule has 3 aromatic heterocycles. The quantitative estimate of drug-likeness (QED) is 0.0194. The molecule has 19 N–H and O–H groups in total. The molecule has 8 rings (SSSR count). The number of guanidine groups is 1. The molecule has 0 spiro atoms. The van der Waals surface area contributed by atoms with Crippen LogP contribution in [0.1, 0.15) is 166 Å². The van der Waals surface area contributed by atoms with Crippen molar-refractivity contribution in [1.82, 2.24) is 87.0 Å². The molecular formula is C91H127N21O18. The zero-order valence-electron chi connectivity index (χ0n) is 75.4. The molecule has 0 aliphatic carbocycles. The topological polar surface area (TPSA) is 585 Å². The second kappa shape index (κ2) is 49.4. The maximum atomic E-state index is 15.7. The Labute approximate surface area is 754 Å². The number of imidazole rings is 1. The van der Waals surface area contributed by atoms with Crippen molar-refractivity contribution in [3.8, 4) is 0 Å². The molecule has 2 saturated heterocycles. The van der Waals surface area contributed by atoms with Crippen LogP contribution in [0.3, 0.4) is 0 Å². The summed E-state index contributed by atoms with van der Waals surface area (Å²) in [5.74, 6) is -18.2. The number of fused-ring (bicyclic) bond motifs is 3. The summed E-state index contributed by atoms with van der Waals surface area (Å²) in [4.78, 5) is 269. The van der Waals surface area contributed by atoms with Gasteiger partial charge >= 0.3 is 0 Å². The number of rotatable bonds is 27. The minimum absolute atomic E-state index is 0.00272. The van der Waals surface area contributed by atoms with Crippen molar-refractivity contribution >= 4 is 128 Å². The highest BCUT2D eigenvalue weighted by Gasteiger charge is 2.44. The van der Waals surface area contributed by atoms with Crippen LogP contribution in [0.4, 0.5) is 0 Å². The number of hydrogen-bond acceptors (Lipinski definition) is 20. The standard InChI is InChI=1S/C91H127N21O18/c1-10-12-30-71-75(115)42-55(25-21-35-97-91(94)95)82(122)103-64(74(114)33-34-77(92)117)45-79(119)102-67(38-54-23-15-14-16-24-54)87(127)109(7)53(5)81(121)104-69(44-78(93)118)89(129)112-36-22-32-72(112)76(116)43-56(39-59-48-96-51-100-59)83(123)105-66(37-52(3)4)86(126)108(6)49-80(120)101-65(40-57-46-98-62-28-19-17-26-60(57)62)84(124)107-70(50-113)85(125)106-68(41-58-47-99-63-29-20-18-27-61(58)63)88(128)111(9)73(31-13-11-2)90(130)110(71)8/h14-20,23-24,26-29,46-48,51-53,55-56,64-73,98-99,113H,10-13,21-22,25,30-45,49-50H2,1-9H3,(H2,92,117)(H2,93,118)(H,96,100)(H,101,120)(H,102,119)(H,103,122)(H,104,121)(H,105,123)(H,106,125)(H,107,124)(H4,94,95,97)/t53-,55+,56+,64-,65-,66-,67-,68-,69-,70-,71-,72-,73-/m0/s1. The van der Waals surface area contributed by atoms with Gasteiger partial charge in [-0.2, -0.15) is 0 Å². The molecule has 130 heavy (non-hydrogen) atoms. The van der Waals surface area contributed by atoms with Crippen molar-refractivity contribution in [2.45, 2.75) is 236 Å². The van der Waals surface area contributed by atoms with Crippen molar-refractivity contribution in [2.75, 3.05) is 54.4 Å². The fourth-order valence-corrected chi connectivity index (χ4v) is 16.5. The Bertz CT molecular complexity index is 5000. The average molecular weight is 1800 g/mol. The third-order valence-electron chi connectivity index (χ3n) is 23.9. The minimum Gasteiger partial charge on any atom is -0.394 e. The van der Waals surface area contributed by atoms with Crippen LogP contribution in [-0.4, -0.2) is 276 Å². The highest BCUT2D eigenvalue weighted by molar-refractivity contribution is 6.03. The van der Waals surface area contributed by atoms with Crippen molar-refractivity contribution < 1.29 is 86.6 Å². The Morgan fingerprint density at radius 3 is 1.69 bits per heavy atom. The molecule has 3 aromatic carbocycles. The molecule has 6 aromatic rings. The summed E-state index contributed by atoms with van der Waals surface area (Å²) in [6.45, 7) is 6.73. The van der Waals surface area contributed by atoms with Gasteiger partial charge in [0, 0.05) is 145 Å². The van der Waals surface area contributed by atoms with Gasteiger partial charge < -0.3 is 104 Å². The van der Waals surface area contributed by atoms with Gasteiger partial charge in [-0.25, -0.2) is 4.98 Å². The zero-order chi connectivity index (χ0) is 95.2. The first-order chi connectivity index (χ1) is 61.9. The SMILES string of the molecule is CCCC[C@H]1C(=O)N(C)[C@@H](CCCC)C(=O)C[C@@H](CCCNC(=N)N)C(=O)N[C@H](C(=O)CCC(N)=O)CC(=O)N[C@@H](Cc2ccccc2)C(=O)N(C)[C@@H](C)C(=O)N[C@@H](CC(N)=O)C(=O)N2CCC[C@H]2C(=O)C[C@@H](Cc2cnc[nH]2)C(=O)N[C@@H](CC(C)C)C(=O)N(C)CC(=O)N[C@@H](Cc2c[nH]c3ccccc23)C(=O)N[C@@H](CO)C(=O)N[C@@H](Cc2c[nH]c3ccccc23)C(=O)N1C. The van der Waals surface area contributed by atoms with Crippen LogP contribution in [0.5, 0.6) is 0 Å². The first-order valence-electron chi connectivity index (χ1n) is 44.3. The van der Waals surface area contributed by atoms with E-state index >= 15 is 33.6 Å². The molecule has 2 aliphatic heterocycles. The molecule has 0 unspecified atom stereocenters. The van der Waals surface area contributed by atoms with Crippen molar-refractivity contribution in [2.24, 2.45) is 35.0 Å². The lowest BCUT2D eigenvalue weighted by atomic mass is 9.90. The van der Waals surface area contributed by atoms with Crippen LogP contribution in [-0.2, 0) is 107 Å². The average Bonchev–Trinajstić information content (AvgIpc) is 1.60. The van der Waals surface area contributed by atoms with E-state index in [9.17, 15) is 53.1 Å². The molecule has 13 atom stereocenters. The van der Waals surface area contributed by atoms with Gasteiger partial charge in [0.1, 0.15) is 48.3 Å². The van der Waals surface area contributed by atoms with Gasteiger partial charge in [0.15, 0.2) is 23.3 Å². The molecule has 0 saturated carbocycles. The number of nitrogens with zero attached hydrogens (tertiary/aromatic N) is 6. The number of H-pyrrole nitrogens is 3. The second-order valence-corrected chi connectivity index (χ2v) is 34.2. The number of nitrogens with two attached hydrogens (primary N) is 3. The van der Waals surface area contributed by atoms with E-state index in [1.807, 2.05) is 13.8 Å². The Morgan fingerprint density at radius 1 is 0.538 bits per heavy atom. The molecule has 39 nitrogen and oxygen atoms in total. The zero-order valence-corrected chi connectivity index (χ0v) is 75.4. The lowest BCUT2D eigenvalue weighted by Gasteiger charge is -2.36. The summed E-state index contributed by atoms with van der Waals surface area (Å²) in [5, 5.41) is 41.7. The Kier molecular flexibility index (Phi) is 38.8. The smallest absolute Gasteiger partial charge is 0.246 e. The van der Waals surface area contributed by atoms with Crippen molar-refractivity contribution in [3.63, 3.8) is 0 Å². The number of aromatic amines is 3. The number of primary amides is 2. The summed E-state index contributed by atoms with van der Waals surface area (Å²) in [6, 6.07) is 5.77. The molecule has 14 amide bonds. The monoisotopic (exact) mass is 1800 g/mol. The van der Waals surface area contributed by atoms with Crippen LogP contribution >= 0.6 is 0 Å². The number of likely N-dealkylation sites (N-methyl/N-ethyl adjacent to an activating group) is 4. The number of para-hydroxylation sites is 2. The maximum absolute atomic E-state index is 15.7. The lowest BCUT2D eigenvalue weighted by Crippen LogP contribution is -2.60. The molecule has 5 heterocycles. The lowest BCUT2D eigenvalue weighted by molar-refractivity contribution is -0.149. The maximum Gasteiger partial charge on any atom is 0.246 e. The van der Waals surface area contributed by atoms with Crippen LogP contribution in [0.15, 0.2) is 104 Å². The third kappa shape index (κ3) is 29.1. The van der Waals surface area contributed by atoms with Crippen LogP contribution in [0.25, 0.3) is 21.8 Å². The summed E-state index contributed by atoms with van der Waals surface area (Å²) >= 11 is 0. The van der Waals surface area contributed by atoms with Gasteiger partial charge in [0.05, 0.1) is 56.4 Å². The number of carbonyl (C=O) groups is 17. The minimum atomic E-state index is -1.84. The normalized spacial score (nSPS) is 23.7. The van der Waals surface area contributed by atoms with E-state index in [4.69, 9.17) is 22.6 Å². The highest BCUT2D eigenvalue weighted by atomic mass is 16.3. The van der Waals surface area contributed by atoms with Gasteiger partial charge in [0.25, 0.3) is 0 Å². The number of aliphatic hydroxyl groups excluding tert-OH is 1. The number of benzene rings is 3. The first kappa shape index (κ1) is 102. The van der Waals surface area contributed by atoms with Crippen LogP contribution in [0, 0.1) is 23.2 Å². The summed E-state index contributed by atoms with van der Waals surface area (Å²) < 4.78 is 0. The molecule has 2 aliphatic rings. The molecule has 39 heteroatoms. The van der Waals surface area contributed by atoms with Gasteiger partial charge in [-0.1, -0.05) is 120 Å². The van der Waals surface area contributed by atoms with E-state index in [-0.39, 0.29) is 89.6 Å². The number of carbonyl (C=O) groups excluding carboxylic acids is 17. The van der Waals surface area contributed by atoms with Gasteiger partial charge in [0.2, 0.25) is 82.7 Å². The van der Waals surface area contributed by atoms with E-state index in [1.165, 1.54) is 57.4 Å². The summed E-state index contributed by atoms with van der Waals surface area (Å²) in [7, 11) is 5.28. The predicted molar refractivity (Wildman–Crippen MR) is 481 cm³/mol. The van der Waals surface area contributed by atoms with E-state index in [1.54, 1.807) is 105 Å². The number of hydrogen-bond donors (Lipinski definition) is 16. The molecule has 0 radical (unpaired) electrons.